The Hall–Kier alpha value is -0.160. The summed E-state index contributed by atoms with van der Waals surface area (Å²) in [5.41, 5.74) is 0.406. The second kappa shape index (κ2) is 11.0. The molecule has 0 aliphatic rings. The van der Waals surface area contributed by atoms with Crippen LogP contribution >= 0.6 is 0 Å². The first-order chi connectivity index (χ1) is 8.06. The van der Waals surface area contributed by atoms with E-state index < -0.39 is 0 Å². The summed E-state index contributed by atoms with van der Waals surface area (Å²) in [6.07, 6.45) is 1.19. The lowest BCUT2D eigenvalue weighted by Crippen LogP contribution is -2.24. The van der Waals surface area contributed by atoms with Crippen LogP contribution in [-0.2, 0) is 14.2 Å². The molecule has 0 saturated heterocycles. The molecule has 0 rings (SSSR count). The predicted molar refractivity (Wildman–Crippen MR) is 70.5 cm³/mol. The Morgan fingerprint density at radius 3 is 2.00 bits per heavy atom. The van der Waals surface area contributed by atoms with E-state index in [-0.39, 0.29) is 0 Å². The maximum atomic E-state index is 5.42. The van der Waals surface area contributed by atoms with Crippen LogP contribution in [0.2, 0.25) is 0 Å². The van der Waals surface area contributed by atoms with Crippen molar-refractivity contribution in [2.45, 2.75) is 27.2 Å². The topological polar surface area (TPSA) is 39.7 Å². The Morgan fingerprint density at radius 1 is 0.824 bits per heavy atom. The highest BCUT2D eigenvalue weighted by molar-refractivity contribution is 4.62. The minimum absolute atomic E-state index is 0.406. The molecule has 4 heteroatoms. The molecular formula is C13H29NO3. The minimum Gasteiger partial charge on any atom is -0.382 e. The molecule has 0 aromatic heterocycles. The van der Waals surface area contributed by atoms with E-state index in [0.29, 0.717) is 31.8 Å². The highest BCUT2D eigenvalue weighted by Gasteiger charge is 2.08. The lowest BCUT2D eigenvalue weighted by atomic mass is 9.92. The first kappa shape index (κ1) is 16.8. The van der Waals surface area contributed by atoms with Gasteiger partial charge in [-0.05, 0) is 18.4 Å². The van der Waals surface area contributed by atoms with Crippen molar-refractivity contribution in [3.8, 4) is 0 Å². The molecule has 0 amide bonds. The summed E-state index contributed by atoms with van der Waals surface area (Å²) >= 11 is 0. The fraction of sp³-hybridized carbons (Fsp3) is 1.00. The van der Waals surface area contributed by atoms with Crippen LogP contribution in [0.3, 0.4) is 0 Å². The van der Waals surface area contributed by atoms with Crippen LogP contribution in [0.15, 0.2) is 0 Å². The van der Waals surface area contributed by atoms with E-state index in [2.05, 4.69) is 26.1 Å². The molecule has 17 heavy (non-hydrogen) atoms. The fourth-order valence-electron chi connectivity index (χ4n) is 1.20. The Morgan fingerprint density at radius 2 is 1.41 bits per heavy atom. The summed E-state index contributed by atoms with van der Waals surface area (Å²) in [6.45, 7) is 12.1. The second-order valence-electron chi connectivity index (χ2n) is 5.28. The van der Waals surface area contributed by atoms with Gasteiger partial charge in [-0.25, -0.2) is 0 Å². The highest BCUT2D eigenvalue weighted by atomic mass is 16.5. The number of hydrogen-bond acceptors (Lipinski definition) is 4. The molecule has 0 bridgehead atoms. The van der Waals surface area contributed by atoms with Gasteiger partial charge in [-0.3, -0.25) is 0 Å². The van der Waals surface area contributed by atoms with Gasteiger partial charge in [0, 0.05) is 13.7 Å². The zero-order chi connectivity index (χ0) is 13.0. The maximum absolute atomic E-state index is 5.42. The lowest BCUT2D eigenvalue weighted by molar-refractivity contribution is 0.0255. The predicted octanol–water partition coefficient (Wildman–Crippen LogP) is 1.69. The van der Waals surface area contributed by atoms with Crippen molar-refractivity contribution >= 4 is 0 Å². The van der Waals surface area contributed by atoms with Gasteiger partial charge >= 0.3 is 0 Å². The van der Waals surface area contributed by atoms with Crippen molar-refractivity contribution in [1.29, 1.82) is 0 Å². The molecule has 0 aromatic carbocycles. The van der Waals surface area contributed by atoms with Crippen LogP contribution < -0.4 is 5.32 Å². The van der Waals surface area contributed by atoms with Crippen LogP contribution in [-0.4, -0.2) is 53.2 Å². The van der Waals surface area contributed by atoms with Crippen molar-refractivity contribution in [2.24, 2.45) is 5.41 Å². The molecule has 0 fully saturated rings. The third kappa shape index (κ3) is 15.8. The van der Waals surface area contributed by atoms with Gasteiger partial charge < -0.3 is 19.5 Å². The average molecular weight is 247 g/mol. The summed E-state index contributed by atoms with van der Waals surface area (Å²) in [7, 11) is 1.67. The molecule has 0 spiro atoms. The first-order valence-electron chi connectivity index (χ1n) is 6.41. The smallest absolute Gasteiger partial charge is 0.0701 e. The van der Waals surface area contributed by atoms with Crippen LogP contribution in [0.25, 0.3) is 0 Å². The van der Waals surface area contributed by atoms with Crippen LogP contribution in [0.4, 0.5) is 0 Å². The van der Waals surface area contributed by atoms with Crippen LogP contribution in [0.5, 0.6) is 0 Å². The number of ether oxygens (including phenoxy) is 3. The lowest BCUT2D eigenvalue weighted by Gasteiger charge is -2.18. The van der Waals surface area contributed by atoms with E-state index in [1.165, 1.54) is 6.42 Å². The third-order valence-corrected chi connectivity index (χ3v) is 2.28. The summed E-state index contributed by atoms with van der Waals surface area (Å²) in [4.78, 5) is 0. The number of rotatable bonds is 11. The van der Waals surface area contributed by atoms with Gasteiger partial charge in [-0.2, -0.15) is 0 Å². The van der Waals surface area contributed by atoms with Crippen molar-refractivity contribution in [1.82, 2.24) is 5.32 Å². The largest absolute Gasteiger partial charge is 0.382 e. The molecule has 0 heterocycles. The van der Waals surface area contributed by atoms with Gasteiger partial charge in [0.15, 0.2) is 0 Å². The van der Waals surface area contributed by atoms with Crippen molar-refractivity contribution < 1.29 is 14.2 Å². The van der Waals surface area contributed by atoms with Gasteiger partial charge in [0.2, 0.25) is 0 Å². The van der Waals surface area contributed by atoms with E-state index in [1.807, 2.05) is 0 Å². The molecule has 0 aromatic rings. The Kier molecular flexibility index (Phi) is 10.9. The van der Waals surface area contributed by atoms with Gasteiger partial charge in [-0.15, -0.1) is 0 Å². The summed E-state index contributed by atoms with van der Waals surface area (Å²) in [6, 6.07) is 0. The molecule has 0 aliphatic carbocycles. The van der Waals surface area contributed by atoms with E-state index in [1.54, 1.807) is 7.11 Å². The first-order valence-corrected chi connectivity index (χ1v) is 6.41. The Balaban J connectivity index is 2.99. The van der Waals surface area contributed by atoms with E-state index in [4.69, 9.17) is 14.2 Å². The molecule has 4 nitrogen and oxygen atoms in total. The van der Waals surface area contributed by atoms with Crippen LogP contribution in [0.1, 0.15) is 27.2 Å². The molecule has 1 N–H and O–H groups in total. The molecule has 0 radical (unpaired) electrons. The van der Waals surface area contributed by atoms with E-state index >= 15 is 0 Å². The quantitative estimate of drug-likeness (QED) is 0.564. The molecule has 0 unspecified atom stereocenters. The van der Waals surface area contributed by atoms with Gasteiger partial charge in [0.05, 0.1) is 33.0 Å². The standard InChI is InChI=1S/C13H29NO3/c1-13(2,3)5-6-14-7-8-16-11-12-17-10-9-15-4/h14H,5-12H2,1-4H3. The number of methoxy groups -OCH3 is 1. The monoisotopic (exact) mass is 247 g/mol. The van der Waals surface area contributed by atoms with E-state index in [9.17, 15) is 0 Å². The van der Waals surface area contributed by atoms with Crippen molar-refractivity contribution in [2.75, 3.05) is 53.2 Å². The maximum Gasteiger partial charge on any atom is 0.0701 e. The molecule has 104 valence electrons. The molecule has 0 saturated carbocycles. The summed E-state index contributed by atoms with van der Waals surface area (Å²) in [5.74, 6) is 0. The Bertz CT molecular complexity index is 157. The molecular weight excluding hydrogens is 218 g/mol. The highest BCUT2D eigenvalue weighted by Crippen LogP contribution is 2.16. The third-order valence-electron chi connectivity index (χ3n) is 2.28. The fourth-order valence-corrected chi connectivity index (χ4v) is 1.20. The molecule has 0 aliphatic heterocycles. The zero-order valence-corrected chi connectivity index (χ0v) is 11.9. The molecule has 0 atom stereocenters. The summed E-state index contributed by atoms with van der Waals surface area (Å²) < 4.78 is 15.6. The zero-order valence-electron chi connectivity index (χ0n) is 11.9. The summed E-state index contributed by atoms with van der Waals surface area (Å²) in [5, 5.41) is 3.37. The minimum atomic E-state index is 0.406. The van der Waals surface area contributed by atoms with Gasteiger partial charge in [0.1, 0.15) is 0 Å². The van der Waals surface area contributed by atoms with Gasteiger partial charge in [-0.1, -0.05) is 20.8 Å². The average Bonchev–Trinajstić information content (AvgIpc) is 2.24. The van der Waals surface area contributed by atoms with Crippen molar-refractivity contribution in [3.05, 3.63) is 0 Å². The van der Waals surface area contributed by atoms with E-state index in [0.717, 1.165) is 19.7 Å². The van der Waals surface area contributed by atoms with Crippen LogP contribution in [0, 0.1) is 5.41 Å². The number of hydrogen-bond donors (Lipinski definition) is 1. The normalized spacial score (nSPS) is 12.0. The van der Waals surface area contributed by atoms with Crippen molar-refractivity contribution in [3.63, 3.8) is 0 Å². The van der Waals surface area contributed by atoms with Gasteiger partial charge in [0.25, 0.3) is 0 Å². The Labute approximate surface area is 106 Å². The SMILES string of the molecule is COCCOCCOCCNCCC(C)(C)C. The second-order valence-corrected chi connectivity index (χ2v) is 5.28. The number of nitrogens with one attached hydrogen (secondary N) is 1.